The van der Waals surface area contributed by atoms with Crippen LogP contribution in [0.15, 0.2) is 30.6 Å². The Morgan fingerprint density at radius 1 is 1.20 bits per heavy atom. The third-order valence-corrected chi connectivity index (χ3v) is 10.3. The van der Waals surface area contributed by atoms with Gasteiger partial charge in [-0.3, -0.25) is 9.69 Å². The van der Waals surface area contributed by atoms with Crippen LogP contribution in [0, 0.1) is 11.3 Å². The summed E-state index contributed by atoms with van der Waals surface area (Å²) in [5.41, 5.74) is 1.84. The van der Waals surface area contributed by atoms with Crippen molar-refractivity contribution in [2.24, 2.45) is 0 Å². The molecule has 0 unspecified atom stereocenters. The molecule has 1 amide bonds. The lowest BCUT2D eigenvalue weighted by Crippen LogP contribution is -2.55. The monoisotopic (exact) mass is 662 g/mol. The second-order valence-corrected chi connectivity index (χ2v) is 12.9. The van der Waals surface area contributed by atoms with Crippen LogP contribution < -0.4 is 9.64 Å². The molecule has 2 aliphatic carbocycles. The number of fused-ring (bicyclic) bond motifs is 3. The number of amides is 1. The van der Waals surface area contributed by atoms with Crippen molar-refractivity contribution >= 4 is 23.3 Å². The highest BCUT2D eigenvalue weighted by atomic mass is 35.5. The van der Waals surface area contributed by atoms with E-state index in [9.17, 15) is 23.2 Å². The molecule has 2 saturated heterocycles. The summed E-state index contributed by atoms with van der Waals surface area (Å²) in [5, 5.41) is 10.1. The maximum absolute atomic E-state index is 17.1. The van der Waals surface area contributed by atoms with E-state index in [0.29, 0.717) is 55.1 Å². The summed E-state index contributed by atoms with van der Waals surface area (Å²) >= 11 is 6.51. The van der Waals surface area contributed by atoms with Gasteiger partial charge in [0.15, 0.2) is 12.0 Å². The minimum atomic E-state index is -2.88. The van der Waals surface area contributed by atoms with Crippen molar-refractivity contribution in [1.29, 1.82) is 5.26 Å². The van der Waals surface area contributed by atoms with E-state index in [0.717, 1.165) is 11.1 Å². The molecule has 3 heterocycles. The van der Waals surface area contributed by atoms with Crippen LogP contribution in [0.25, 0.3) is 0 Å². The number of ether oxygens (including phenoxy) is 2. The van der Waals surface area contributed by atoms with Crippen molar-refractivity contribution in [3.05, 3.63) is 58.0 Å². The zero-order chi connectivity index (χ0) is 32.7. The average molecular weight is 663 g/mol. The number of halogens is 5. The Hall–Kier alpha value is -3.47. The minimum absolute atomic E-state index is 0.0472. The molecule has 1 spiro atoms. The van der Waals surface area contributed by atoms with Crippen molar-refractivity contribution in [1.82, 2.24) is 19.8 Å². The van der Waals surface area contributed by atoms with E-state index >= 15 is 4.39 Å². The maximum atomic E-state index is 17.1. The Bertz CT molecular complexity index is 1560. The van der Waals surface area contributed by atoms with Crippen LogP contribution in [-0.2, 0) is 27.8 Å². The van der Waals surface area contributed by atoms with Gasteiger partial charge in [0.1, 0.15) is 12.4 Å². The predicted molar refractivity (Wildman–Crippen MR) is 161 cm³/mol. The number of likely N-dealkylation sites (N-methyl/N-ethyl adjacent to an activating group) is 1. The first-order chi connectivity index (χ1) is 22.0. The summed E-state index contributed by atoms with van der Waals surface area (Å²) in [7, 11) is 1.79. The summed E-state index contributed by atoms with van der Waals surface area (Å²) in [6.45, 7) is 1.14. The molecule has 1 aromatic carbocycles. The van der Waals surface area contributed by atoms with E-state index in [-0.39, 0.29) is 50.4 Å². The van der Waals surface area contributed by atoms with E-state index < -0.39 is 42.1 Å². The Kier molecular flexibility index (Phi) is 9.15. The quantitative estimate of drug-likeness (QED) is 0.286. The molecule has 2 aromatic rings. The second kappa shape index (κ2) is 13.0. The van der Waals surface area contributed by atoms with Crippen LogP contribution in [0.1, 0.15) is 54.2 Å². The van der Waals surface area contributed by atoms with Gasteiger partial charge in [0.2, 0.25) is 0 Å². The van der Waals surface area contributed by atoms with Crippen LogP contribution in [0.4, 0.5) is 23.4 Å². The number of anilines is 1. The molecule has 46 heavy (non-hydrogen) atoms. The smallest absolute Gasteiger partial charge is 0.345 e. The molecule has 2 aliphatic heterocycles. The minimum Gasteiger partial charge on any atom is -0.462 e. The SMILES string of the molecule is C=C(F)C(=O)N1CCN(c2nc(OC[C@@H]3C[C@@H](OC(F)F)CN3C)nc3c2CC[C@@]2(CCc4c(Cl)cccc42)[C@H]3F)C[C@@H]1CC#N. The predicted octanol–water partition coefficient (Wildman–Crippen LogP) is 5.08. The number of piperazine rings is 1. The van der Waals surface area contributed by atoms with Crippen molar-refractivity contribution in [2.75, 3.05) is 44.7 Å². The van der Waals surface area contributed by atoms with Crippen LogP contribution in [0.3, 0.4) is 0 Å². The number of benzene rings is 1. The number of nitriles is 1. The van der Waals surface area contributed by atoms with Gasteiger partial charge in [-0.2, -0.15) is 24.0 Å². The van der Waals surface area contributed by atoms with Crippen LogP contribution in [0.5, 0.6) is 6.01 Å². The lowest BCUT2D eigenvalue weighted by atomic mass is 9.68. The van der Waals surface area contributed by atoms with E-state index in [1.165, 1.54) is 4.90 Å². The Balaban J connectivity index is 1.34. The molecule has 0 radical (unpaired) electrons. The van der Waals surface area contributed by atoms with Crippen molar-refractivity contribution in [3.8, 4) is 12.1 Å². The number of carbonyl (C=O) groups is 1. The molecule has 14 heteroatoms. The summed E-state index contributed by atoms with van der Waals surface area (Å²) in [5.74, 6) is -1.53. The lowest BCUT2D eigenvalue weighted by Gasteiger charge is -2.43. The van der Waals surface area contributed by atoms with Gasteiger partial charge in [-0.25, -0.2) is 8.78 Å². The van der Waals surface area contributed by atoms with Gasteiger partial charge in [-0.05, 0) is 56.3 Å². The van der Waals surface area contributed by atoms with Gasteiger partial charge >= 0.3 is 12.6 Å². The number of aromatic nitrogens is 2. The third kappa shape index (κ3) is 5.91. The van der Waals surface area contributed by atoms with E-state index in [1.807, 2.05) is 28.0 Å². The molecule has 5 atom stereocenters. The van der Waals surface area contributed by atoms with Crippen molar-refractivity contribution < 1.29 is 31.8 Å². The maximum Gasteiger partial charge on any atom is 0.345 e. The molecule has 0 N–H and O–H groups in total. The molecule has 2 fully saturated rings. The molecular formula is C32H35ClF4N6O3. The Labute approximate surface area is 269 Å². The zero-order valence-electron chi connectivity index (χ0n) is 25.4. The van der Waals surface area contributed by atoms with Crippen LogP contribution in [0.2, 0.25) is 5.02 Å². The van der Waals surface area contributed by atoms with Crippen molar-refractivity contribution in [2.45, 2.75) is 74.9 Å². The first kappa shape index (κ1) is 32.5. The molecule has 4 aliphatic rings. The second-order valence-electron chi connectivity index (χ2n) is 12.5. The number of hydrogen-bond donors (Lipinski definition) is 0. The number of alkyl halides is 3. The van der Waals surface area contributed by atoms with E-state index in [4.69, 9.17) is 26.1 Å². The van der Waals surface area contributed by atoms with Crippen molar-refractivity contribution in [3.63, 3.8) is 0 Å². The number of carbonyl (C=O) groups excluding carboxylic acids is 1. The fourth-order valence-electron chi connectivity index (χ4n) is 7.65. The fourth-order valence-corrected chi connectivity index (χ4v) is 7.92. The van der Waals surface area contributed by atoms with E-state index in [1.54, 1.807) is 7.05 Å². The van der Waals surface area contributed by atoms with Gasteiger partial charge in [-0.1, -0.05) is 30.3 Å². The Morgan fingerprint density at radius 2 is 1.96 bits per heavy atom. The van der Waals surface area contributed by atoms with Gasteiger partial charge in [0, 0.05) is 48.2 Å². The average Bonchev–Trinajstić information content (AvgIpc) is 3.57. The highest BCUT2D eigenvalue weighted by Crippen LogP contribution is 2.56. The molecule has 246 valence electrons. The molecule has 1 aromatic heterocycles. The Morgan fingerprint density at radius 3 is 2.67 bits per heavy atom. The molecule has 0 bridgehead atoms. The van der Waals surface area contributed by atoms with Gasteiger partial charge < -0.3 is 19.3 Å². The summed E-state index contributed by atoms with van der Waals surface area (Å²) in [6.07, 6.45) is 0.312. The molecular weight excluding hydrogens is 628 g/mol. The fraction of sp³-hybridized carbons (Fsp3) is 0.562. The molecule has 6 rings (SSSR count). The summed E-state index contributed by atoms with van der Waals surface area (Å²) < 4.78 is 67.3. The largest absolute Gasteiger partial charge is 0.462 e. The normalized spacial score (nSPS) is 27.5. The van der Waals surface area contributed by atoms with Crippen LogP contribution >= 0.6 is 11.6 Å². The highest BCUT2D eigenvalue weighted by molar-refractivity contribution is 6.31. The third-order valence-electron chi connectivity index (χ3n) is 9.97. The first-order valence-electron chi connectivity index (χ1n) is 15.4. The van der Waals surface area contributed by atoms with Crippen LogP contribution in [-0.4, -0.2) is 90.3 Å². The summed E-state index contributed by atoms with van der Waals surface area (Å²) in [4.78, 5) is 26.9. The van der Waals surface area contributed by atoms with Gasteiger partial charge in [0.05, 0.1) is 30.3 Å². The molecule has 0 saturated carbocycles. The molecule has 9 nitrogen and oxygen atoms in total. The highest BCUT2D eigenvalue weighted by Gasteiger charge is 2.51. The van der Waals surface area contributed by atoms with E-state index in [2.05, 4.69) is 17.6 Å². The standard InChI is InChI=1S/C32H35ClF4N6O3/c1-18(34)29(44)43-13-12-42(15-19(43)8-11-38)28-23-7-10-32(9-6-22-24(32)4-3-5-25(22)33)27(35)26(23)39-31(40-28)45-17-20-14-21(16-41(20)2)46-30(36)37/h3-5,19-21,27,30H,1,6-10,12-17H2,2H3/t19-,20-,21+,27-,32+/m0/s1. The summed E-state index contributed by atoms with van der Waals surface area (Å²) in [6, 6.07) is 6.69. The number of rotatable bonds is 8. The first-order valence-corrected chi connectivity index (χ1v) is 15.8. The number of likely N-dealkylation sites (tertiary alicyclic amines) is 1. The van der Waals surface area contributed by atoms with Gasteiger partial charge in [-0.15, -0.1) is 0 Å². The lowest BCUT2D eigenvalue weighted by molar-refractivity contribution is -0.158. The number of nitrogens with zero attached hydrogens (tertiary/aromatic N) is 6. The number of hydrogen-bond acceptors (Lipinski definition) is 8. The van der Waals surface area contributed by atoms with Gasteiger partial charge in [0.25, 0.3) is 5.91 Å². The topological polar surface area (TPSA) is 94.8 Å². The zero-order valence-corrected chi connectivity index (χ0v) is 26.2.